The second kappa shape index (κ2) is 5.62. The molecule has 114 valence electrons. The van der Waals surface area contributed by atoms with Crippen molar-refractivity contribution in [2.75, 3.05) is 5.73 Å². The monoisotopic (exact) mass is 377 g/mol. The van der Waals surface area contributed by atoms with E-state index in [1.807, 2.05) is 17.9 Å². The van der Waals surface area contributed by atoms with Crippen molar-refractivity contribution in [1.82, 2.24) is 19.6 Å². The van der Waals surface area contributed by atoms with Gasteiger partial charge >= 0.3 is 0 Å². The van der Waals surface area contributed by atoms with Gasteiger partial charge in [0.2, 0.25) is 0 Å². The first-order valence-corrected chi connectivity index (χ1v) is 9.14. The topological polar surface area (TPSA) is 69.1 Å². The van der Waals surface area contributed by atoms with Crippen LogP contribution in [-0.2, 0) is 0 Å². The number of nitrogen functional groups attached to an aromatic ring is 1. The SMILES string of the molecule is Nc1c(Br)c(C2CCCCC2)nc2c(-c3cncs3)cnn12. The van der Waals surface area contributed by atoms with Crippen molar-refractivity contribution < 1.29 is 0 Å². The Balaban J connectivity index is 1.90. The normalized spacial score (nSPS) is 16.4. The summed E-state index contributed by atoms with van der Waals surface area (Å²) in [6.07, 6.45) is 9.90. The van der Waals surface area contributed by atoms with Gasteiger partial charge in [-0.05, 0) is 28.8 Å². The van der Waals surface area contributed by atoms with E-state index in [-0.39, 0.29) is 0 Å². The third-order valence-corrected chi connectivity index (χ3v) is 5.96. The van der Waals surface area contributed by atoms with Gasteiger partial charge in [0.25, 0.3) is 0 Å². The van der Waals surface area contributed by atoms with Crippen LogP contribution in [-0.4, -0.2) is 19.6 Å². The molecule has 0 aliphatic heterocycles. The molecule has 0 unspecified atom stereocenters. The molecule has 0 amide bonds. The summed E-state index contributed by atoms with van der Waals surface area (Å²) in [4.78, 5) is 10.1. The Morgan fingerprint density at radius 2 is 2.05 bits per heavy atom. The minimum atomic E-state index is 0.486. The van der Waals surface area contributed by atoms with Crippen LogP contribution in [0.4, 0.5) is 5.82 Å². The zero-order valence-corrected chi connectivity index (χ0v) is 14.4. The molecule has 3 heterocycles. The first kappa shape index (κ1) is 14.1. The van der Waals surface area contributed by atoms with Gasteiger partial charge in [0.15, 0.2) is 5.65 Å². The fraction of sp³-hybridized carbons (Fsp3) is 0.400. The first-order chi connectivity index (χ1) is 10.8. The van der Waals surface area contributed by atoms with Crippen LogP contribution in [0.3, 0.4) is 0 Å². The molecular weight excluding hydrogens is 362 g/mol. The van der Waals surface area contributed by atoms with E-state index in [0.29, 0.717) is 11.7 Å². The second-order valence-corrected chi connectivity index (χ2v) is 7.37. The zero-order chi connectivity index (χ0) is 15.1. The highest BCUT2D eigenvalue weighted by Crippen LogP contribution is 2.39. The Hall–Kier alpha value is -1.47. The summed E-state index contributed by atoms with van der Waals surface area (Å²) < 4.78 is 2.61. The molecule has 0 spiro atoms. The Kier molecular flexibility index (Phi) is 3.62. The van der Waals surface area contributed by atoms with Gasteiger partial charge in [0.1, 0.15) is 5.82 Å². The van der Waals surface area contributed by atoms with Crippen molar-refractivity contribution >= 4 is 38.7 Å². The van der Waals surface area contributed by atoms with Gasteiger partial charge in [-0.3, -0.25) is 4.98 Å². The van der Waals surface area contributed by atoms with E-state index in [0.717, 1.165) is 26.3 Å². The molecule has 5 nitrogen and oxygen atoms in total. The predicted octanol–water partition coefficient (Wildman–Crippen LogP) is 4.25. The Bertz CT molecular complexity index is 805. The van der Waals surface area contributed by atoms with Gasteiger partial charge in [-0.15, -0.1) is 11.3 Å². The van der Waals surface area contributed by atoms with Crippen LogP contribution >= 0.6 is 27.3 Å². The van der Waals surface area contributed by atoms with Crippen LogP contribution in [0.25, 0.3) is 16.1 Å². The van der Waals surface area contributed by atoms with E-state index in [1.165, 1.54) is 32.1 Å². The summed E-state index contributed by atoms with van der Waals surface area (Å²) in [5, 5.41) is 4.40. The number of hydrogen-bond donors (Lipinski definition) is 1. The standard InChI is InChI=1S/C15H16BrN5S/c16-12-13(9-4-2-1-3-5-9)20-15-10(11-7-18-8-22-11)6-19-21(15)14(12)17/h6-9H,1-5,17H2. The number of aromatic nitrogens is 4. The highest BCUT2D eigenvalue weighted by molar-refractivity contribution is 9.10. The molecule has 22 heavy (non-hydrogen) atoms. The van der Waals surface area contributed by atoms with Gasteiger partial charge in [-0.2, -0.15) is 9.61 Å². The molecule has 2 N–H and O–H groups in total. The van der Waals surface area contributed by atoms with Gasteiger partial charge in [0, 0.05) is 12.1 Å². The molecule has 0 bridgehead atoms. The number of fused-ring (bicyclic) bond motifs is 1. The predicted molar refractivity (Wildman–Crippen MR) is 92.0 cm³/mol. The van der Waals surface area contributed by atoms with Crippen molar-refractivity contribution in [3.8, 4) is 10.4 Å². The van der Waals surface area contributed by atoms with Crippen LogP contribution < -0.4 is 5.73 Å². The van der Waals surface area contributed by atoms with Crippen LogP contribution in [0, 0.1) is 0 Å². The average Bonchev–Trinajstić information content (AvgIpc) is 3.20. The number of nitrogens with two attached hydrogens (primary N) is 1. The Labute approximate surface area is 140 Å². The van der Waals surface area contributed by atoms with Crippen molar-refractivity contribution in [2.45, 2.75) is 38.0 Å². The third kappa shape index (κ3) is 2.23. The quantitative estimate of drug-likeness (QED) is 0.724. The lowest BCUT2D eigenvalue weighted by Crippen LogP contribution is -2.11. The summed E-state index contributed by atoms with van der Waals surface area (Å²) >= 11 is 5.23. The lowest BCUT2D eigenvalue weighted by Gasteiger charge is -2.22. The zero-order valence-electron chi connectivity index (χ0n) is 12.0. The molecule has 0 saturated heterocycles. The van der Waals surface area contributed by atoms with Crippen molar-refractivity contribution in [3.05, 3.63) is 28.1 Å². The van der Waals surface area contributed by atoms with Crippen LogP contribution in [0.5, 0.6) is 0 Å². The highest BCUT2D eigenvalue weighted by Gasteiger charge is 2.24. The van der Waals surface area contributed by atoms with E-state index in [2.05, 4.69) is 26.0 Å². The molecule has 1 aliphatic rings. The molecule has 3 aromatic heterocycles. The fourth-order valence-corrected chi connectivity index (χ4v) is 4.39. The summed E-state index contributed by atoms with van der Waals surface area (Å²) in [7, 11) is 0. The van der Waals surface area contributed by atoms with Crippen molar-refractivity contribution in [3.63, 3.8) is 0 Å². The van der Waals surface area contributed by atoms with Crippen LogP contribution in [0.1, 0.15) is 43.7 Å². The van der Waals surface area contributed by atoms with Gasteiger partial charge in [-0.25, -0.2) is 4.98 Å². The smallest absolute Gasteiger partial charge is 0.166 e. The van der Waals surface area contributed by atoms with Gasteiger partial charge in [-0.1, -0.05) is 19.3 Å². The first-order valence-electron chi connectivity index (χ1n) is 7.47. The number of nitrogens with zero attached hydrogens (tertiary/aromatic N) is 4. The molecule has 7 heteroatoms. The molecule has 0 radical (unpaired) electrons. The largest absolute Gasteiger partial charge is 0.383 e. The Morgan fingerprint density at radius 1 is 1.23 bits per heavy atom. The third-order valence-electron chi connectivity index (χ3n) is 4.34. The highest BCUT2D eigenvalue weighted by atomic mass is 79.9. The minimum absolute atomic E-state index is 0.486. The number of anilines is 1. The number of hydrogen-bond acceptors (Lipinski definition) is 5. The lowest BCUT2D eigenvalue weighted by molar-refractivity contribution is 0.435. The fourth-order valence-electron chi connectivity index (χ4n) is 3.18. The maximum Gasteiger partial charge on any atom is 0.166 e. The van der Waals surface area contributed by atoms with Crippen molar-refractivity contribution in [2.24, 2.45) is 0 Å². The van der Waals surface area contributed by atoms with Crippen LogP contribution in [0.15, 0.2) is 22.4 Å². The molecule has 3 aromatic rings. The summed E-state index contributed by atoms with van der Waals surface area (Å²) in [6, 6.07) is 0. The molecule has 1 aliphatic carbocycles. The maximum absolute atomic E-state index is 6.29. The van der Waals surface area contributed by atoms with E-state index in [9.17, 15) is 0 Å². The lowest BCUT2D eigenvalue weighted by atomic mass is 9.87. The molecule has 4 rings (SSSR count). The van der Waals surface area contributed by atoms with Crippen molar-refractivity contribution in [1.29, 1.82) is 0 Å². The van der Waals surface area contributed by atoms with E-state index in [4.69, 9.17) is 10.7 Å². The molecule has 0 atom stereocenters. The summed E-state index contributed by atoms with van der Waals surface area (Å²) in [5.74, 6) is 1.11. The number of thiazole rings is 1. The van der Waals surface area contributed by atoms with E-state index in [1.54, 1.807) is 15.9 Å². The minimum Gasteiger partial charge on any atom is -0.383 e. The van der Waals surface area contributed by atoms with E-state index >= 15 is 0 Å². The molecular formula is C15H16BrN5S. The second-order valence-electron chi connectivity index (χ2n) is 5.69. The van der Waals surface area contributed by atoms with Crippen LogP contribution in [0.2, 0.25) is 0 Å². The average molecular weight is 378 g/mol. The molecule has 1 fully saturated rings. The summed E-state index contributed by atoms with van der Waals surface area (Å²) in [6.45, 7) is 0. The number of rotatable bonds is 2. The Morgan fingerprint density at radius 3 is 2.77 bits per heavy atom. The summed E-state index contributed by atoms with van der Waals surface area (Å²) in [5.41, 5.74) is 11.0. The molecule has 1 saturated carbocycles. The molecule has 0 aromatic carbocycles. The van der Waals surface area contributed by atoms with Gasteiger partial charge in [0.05, 0.1) is 32.3 Å². The van der Waals surface area contributed by atoms with E-state index < -0.39 is 0 Å². The number of halogens is 1. The maximum atomic E-state index is 6.29. The van der Waals surface area contributed by atoms with Gasteiger partial charge < -0.3 is 5.73 Å².